The van der Waals surface area contributed by atoms with Crippen molar-refractivity contribution in [3.63, 3.8) is 0 Å². The fraction of sp³-hybridized carbons (Fsp3) is 0.444. The van der Waals surface area contributed by atoms with Crippen LogP contribution in [0.1, 0.15) is 5.56 Å². The van der Waals surface area contributed by atoms with Gasteiger partial charge in [0.1, 0.15) is 0 Å². The van der Waals surface area contributed by atoms with E-state index in [1.54, 1.807) is 4.68 Å². The number of nitrogens with zero attached hydrogens (tertiary/aromatic N) is 3. The number of amides is 1. The third kappa shape index (κ3) is 5.04. The highest BCUT2D eigenvalue weighted by molar-refractivity contribution is 5.77. The van der Waals surface area contributed by atoms with Gasteiger partial charge in [-0.2, -0.15) is 0 Å². The predicted molar refractivity (Wildman–Crippen MR) is 94.1 cm³/mol. The number of nitrogens with one attached hydrogen (secondary N) is 1. The zero-order valence-electron chi connectivity index (χ0n) is 14.5. The number of ether oxygens (including phenoxy) is 2. The van der Waals surface area contributed by atoms with Crippen LogP contribution in [0.3, 0.4) is 0 Å². The van der Waals surface area contributed by atoms with Gasteiger partial charge in [-0.05, 0) is 19.1 Å². The second kappa shape index (κ2) is 8.64. The maximum Gasteiger partial charge on any atom is 0.258 e. The molecule has 134 valence electrons. The van der Waals surface area contributed by atoms with Crippen LogP contribution in [0.15, 0.2) is 36.5 Å². The molecule has 3 rings (SSSR count). The third-order valence-electron chi connectivity index (χ3n) is 4.07. The molecule has 1 saturated heterocycles. The second-order valence-corrected chi connectivity index (χ2v) is 5.99. The summed E-state index contributed by atoms with van der Waals surface area (Å²) in [7, 11) is 0. The summed E-state index contributed by atoms with van der Waals surface area (Å²) in [5.74, 6) is 0.342. The Balaban J connectivity index is 1.43. The Kier molecular flexibility index (Phi) is 6.03. The maximum absolute atomic E-state index is 11.9. The first-order chi connectivity index (χ1) is 12.2. The number of aromatic nitrogens is 2. The average molecular weight is 344 g/mol. The SMILES string of the molecule is Cc1cn(-c2ccccc2)nc1OCC(=O)NCCN1CCOCC1. The summed E-state index contributed by atoms with van der Waals surface area (Å²) in [6.45, 7) is 6.69. The molecule has 0 bridgehead atoms. The summed E-state index contributed by atoms with van der Waals surface area (Å²) in [6.07, 6.45) is 1.89. The summed E-state index contributed by atoms with van der Waals surface area (Å²) in [5.41, 5.74) is 1.85. The van der Waals surface area contributed by atoms with Gasteiger partial charge in [0.05, 0.1) is 18.9 Å². The van der Waals surface area contributed by atoms with Crippen molar-refractivity contribution in [1.82, 2.24) is 20.0 Å². The Hall–Kier alpha value is -2.38. The molecule has 7 nitrogen and oxygen atoms in total. The molecule has 1 fully saturated rings. The van der Waals surface area contributed by atoms with Crippen molar-refractivity contribution in [2.24, 2.45) is 0 Å². The zero-order valence-corrected chi connectivity index (χ0v) is 14.5. The normalized spacial score (nSPS) is 15.1. The van der Waals surface area contributed by atoms with Gasteiger partial charge in [0.2, 0.25) is 5.88 Å². The van der Waals surface area contributed by atoms with E-state index in [2.05, 4.69) is 15.3 Å². The molecule has 2 aromatic rings. The Morgan fingerprint density at radius 3 is 2.80 bits per heavy atom. The predicted octanol–water partition coefficient (Wildman–Crippen LogP) is 1.01. The summed E-state index contributed by atoms with van der Waals surface area (Å²) in [4.78, 5) is 14.2. The largest absolute Gasteiger partial charge is 0.466 e. The smallest absolute Gasteiger partial charge is 0.258 e. The number of hydrogen-bond donors (Lipinski definition) is 1. The van der Waals surface area contributed by atoms with E-state index in [-0.39, 0.29) is 12.5 Å². The van der Waals surface area contributed by atoms with Gasteiger partial charge in [0, 0.05) is 37.9 Å². The first-order valence-corrected chi connectivity index (χ1v) is 8.53. The lowest BCUT2D eigenvalue weighted by molar-refractivity contribution is -0.123. The molecule has 0 radical (unpaired) electrons. The molecule has 1 aliphatic heterocycles. The molecular weight excluding hydrogens is 320 g/mol. The Bertz CT molecular complexity index is 681. The van der Waals surface area contributed by atoms with Crippen LogP contribution in [0.5, 0.6) is 5.88 Å². The van der Waals surface area contributed by atoms with Gasteiger partial charge in [-0.25, -0.2) is 4.68 Å². The molecule has 7 heteroatoms. The van der Waals surface area contributed by atoms with E-state index in [0.717, 1.165) is 44.1 Å². The molecule has 0 aliphatic carbocycles. The third-order valence-corrected chi connectivity index (χ3v) is 4.07. The summed E-state index contributed by atoms with van der Waals surface area (Å²) in [5, 5.41) is 7.28. The minimum Gasteiger partial charge on any atom is -0.466 e. The van der Waals surface area contributed by atoms with E-state index >= 15 is 0 Å². The van der Waals surface area contributed by atoms with Crippen LogP contribution < -0.4 is 10.1 Å². The Morgan fingerprint density at radius 1 is 1.28 bits per heavy atom. The van der Waals surface area contributed by atoms with E-state index in [0.29, 0.717) is 12.4 Å². The Morgan fingerprint density at radius 2 is 2.04 bits per heavy atom. The first kappa shape index (κ1) is 17.4. The van der Waals surface area contributed by atoms with Crippen LogP contribution in [0.2, 0.25) is 0 Å². The monoisotopic (exact) mass is 344 g/mol. The lowest BCUT2D eigenvalue weighted by atomic mass is 10.3. The van der Waals surface area contributed by atoms with Crippen molar-refractivity contribution in [2.75, 3.05) is 46.0 Å². The van der Waals surface area contributed by atoms with E-state index in [4.69, 9.17) is 9.47 Å². The molecule has 1 amide bonds. The van der Waals surface area contributed by atoms with Crippen LogP contribution in [0.25, 0.3) is 5.69 Å². The highest BCUT2D eigenvalue weighted by Gasteiger charge is 2.12. The average Bonchev–Trinajstić information content (AvgIpc) is 3.02. The van der Waals surface area contributed by atoms with Gasteiger partial charge >= 0.3 is 0 Å². The molecular formula is C18H24N4O3. The lowest BCUT2D eigenvalue weighted by Crippen LogP contribution is -2.42. The highest BCUT2D eigenvalue weighted by Crippen LogP contribution is 2.17. The first-order valence-electron chi connectivity index (χ1n) is 8.53. The standard InChI is InChI=1S/C18H24N4O3/c1-15-13-22(16-5-3-2-4-6-16)20-18(15)25-14-17(23)19-7-8-21-9-11-24-12-10-21/h2-6,13H,7-12,14H2,1H3,(H,19,23). The molecule has 1 N–H and O–H groups in total. The van der Waals surface area contributed by atoms with Gasteiger partial charge in [-0.3, -0.25) is 9.69 Å². The number of rotatable bonds is 7. The van der Waals surface area contributed by atoms with Crippen molar-refractivity contribution < 1.29 is 14.3 Å². The quantitative estimate of drug-likeness (QED) is 0.812. The van der Waals surface area contributed by atoms with E-state index in [1.807, 2.05) is 43.5 Å². The number of carbonyl (C=O) groups is 1. The van der Waals surface area contributed by atoms with Crippen molar-refractivity contribution >= 4 is 5.91 Å². The zero-order chi connectivity index (χ0) is 17.5. The topological polar surface area (TPSA) is 68.6 Å². The molecule has 25 heavy (non-hydrogen) atoms. The number of aryl methyl sites for hydroxylation is 1. The van der Waals surface area contributed by atoms with Gasteiger partial charge in [0.15, 0.2) is 6.61 Å². The molecule has 0 unspecified atom stereocenters. The molecule has 1 aromatic heterocycles. The van der Waals surface area contributed by atoms with Gasteiger partial charge in [-0.1, -0.05) is 18.2 Å². The molecule has 0 atom stereocenters. The van der Waals surface area contributed by atoms with Crippen LogP contribution >= 0.6 is 0 Å². The molecule has 2 heterocycles. The van der Waals surface area contributed by atoms with Crippen LogP contribution in [0, 0.1) is 6.92 Å². The summed E-state index contributed by atoms with van der Waals surface area (Å²) >= 11 is 0. The number of para-hydroxylation sites is 1. The maximum atomic E-state index is 11.9. The molecule has 1 aliphatic rings. The fourth-order valence-electron chi connectivity index (χ4n) is 2.66. The number of morpholine rings is 1. The minimum atomic E-state index is -0.137. The summed E-state index contributed by atoms with van der Waals surface area (Å²) in [6, 6.07) is 9.80. The number of carbonyl (C=O) groups excluding carboxylic acids is 1. The number of benzene rings is 1. The molecule has 1 aromatic carbocycles. The Labute approximate surface area is 147 Å². The van der Waals surface area contributed by atoms with Gasteiger partial charge in [0.25, 0.3) is 5.91 Å². The summed E-state index contributed by atoms with van der Waals surface area (Å²) < 4.78 is 12.6. The van der Waals surface area contributed by atoms with Gasteiger partial charge < -0.3 is 14.8 Å². The van der Waals surface area contributed by atoms with Crippen LogP contribution in [-0.2, 0) is 9.53 Å². The second-order valence-electron chi connectivity index (χ2n) is 5.99. The van der Waals surface area contributed by atoms with Gasteiger partial charge in [-0.15, -0.1) is 5.10 Å². The van der Waals surface area contributed by atoms with Crippen molar-refractivity contribution in [2.45, 2.75) is 6.92 Å². The fourth-order valence-corrected chi connectivity index (χ4v) is 2.66. The van der Waals surface area contributed by atoms with Crippen LogP contribution in [0.4, 0.5) is 0 Å². The van der Waals surface area contributed by atoms with Crippen molar-refractivity contribution in [3.05, 3.63) is 42.1 Å². The lowest BCUT2D eigenvalue weighted by Gasteiger charge is -2.26. The van der Waals surface area contributed by atoms with Crippen molar-refractivity contribution in [3.8, 4) is 11.6 Å². The van der Waals surface area contributed by atoms with E-state index in [9.17, 15) is 4.79 Å². The van der Waals surface area contributed by atoms with Crippen LogP contribution in [-0.4, -0.2) is 66.6 Å². The molecule has 0 spiro atoms. The highest BCUT2D eigenvalue weighted by atomic mass is 16.5. The number of hydrogen-bond acceptors (Lipinski definition) is 5. The van der Waals surface area contributed by atoms with Crippen molar-refractivity contribution in [1.29, 1.82) is 0 Å². The minimum absolute atomic E-state index is 0.0320. The molecule has 0 saturated carbocycles. The van der Waals surface area contributed by atoms with E-state index < -0.39 is 0 Å². The van der Waals surface area contributed by atoms with E-state index in [1.165, 1.54) is 0 Å².